The summed E-state index contributed by atoms with van der Waals surface area (Å²) in [6.07, 6.45) is 0.993. The van der Waals surface area contributed by atoms with Crippen molar-refractivity contribution >= 4 is 11.4 Å². The van der Waals surface area contributed by atoms with Gasteiger partial charge >= 0.3 is 0 Å². The van der Waals surface area contributed by atoms with Crippen LogP contribution >= 0.6 is 0 Å². The van der Waals surface area contributed by atoms with E-state index in [1.54, 1.807) is 0 Å². The van der Waals surface area contributed by atoms with E-state index in [2.05, 4.69) is 163 Å². The predicted molar refractivity (Wildman–Crippen MR) is 186 cm³/mol. The summed E-state index contributed by atoms with van der Waals surface area (Å²) in [5, 5.41) is 3.76. The highest BCUT2D eigenvalue weighted by atomic mass is 14.9. The third kappa shape index (κ3) is 3.33. The number of anilines is 2. The third-order valence-corrected chi connectivity index (χ3v) is 10.3. The number of benzene rings is 7. The van der Waals surface area contributed by atoms with Crippen LogP contribution in [0.15, 0.2) is 158 Å². The average Bonchev–Trinajstić information content (AvgIpc) is 3.73. The Morgan fingerprint density at radius 3 is 1.56 bits per heavy atom. The summed E-state index contributed by atoms with van der Waals surface area (Å²) in [5.74, 6) is 0. The summed E-state index contributed by atoms with van der Waals surface area (Å²) in [7, 11) is 0. The first-order valence-electron chi connectivity index (χ1n) is 15.8. The van der Waals surface area contributed by atoms with Crippen molar-refractivity contribution in [1.29, 1.82) is 0 Å². The minimum absolute atomic E-state index is 0.327. The Morgan fingerprint density at radius 2 is 0.889 bits per heavy atom. The summed E-state index contributed by atoms with van der Waals surface area (Å²) in [6, 6.07) is 58.4. The molecule has 0 heterocycles. The number of fused-ring (bicyclic) bond motifs is 13. The molecule has 0 unspecified atom stereocenters. The van der Waals surface area contributed by atoms with Gasteiger partial charge in [0.1, 0.15) is 0 Å². The molecule has 0 aliphatic heterocycles. The molecular formula is C44H29N. The van der Waals surface area contributed by atoms with Gasteiger partial charge in [-0.2, -0.15) is 0 Å². The van der Waals surface area contributed by atoms with Gasteiger partial charge in [-0.25, -0.2) is 0 Å². The van der Waals surface area contributed by atoms with E-state index in [1.165, 1.54) is 77.9 Å². The van der Waals surface area contributed by atoms with Crippen LogP contribution in [0.5, 0.6) is 0 Å². The van der Waals surface area contributed by atoms with Crippen LogP contribution in [0.25, 0.3) is 44.5 Å². The molecule has 0 radical (unpaired) electrons. The topological polar surface area (TPSA) is 12.0 Å². The maximum atomic E-state index is 3.76. The van der Waals surface area contributed by atoms with Crippen molar-refractivity contribution in [3.8, 4) is 44.5 Å². The number of rotatable bonds is 3. The number of nitrogens with one attached hydrogen (secondary N) is 1. The monoisotopic (exact) mass is 571 g/mol. The van der Waals surface area contributed by atoms with Crippen molar-refractivity contribution in [3.63, 3.8) is 0 Å². The van der Waals surface area contributed by atoms with Gasteiger partial charge in [0.25, 0.3) is 0 Å². The van der Waals surface area contributed by atoms with Gasteiger partial charge in [-0.05, 0) is 109 Å². The Labute approximate surface area is 263 Å². The highest BCUT2D eigenvalue weighted by molar-refractivity contribution is 5.95. The highest BCUT2D eigenvalue weighted by Crippen LogP contribution is 2.63. The molecule has 3 aliphatic carbocycles. The second-order valence-electron chi connectivity index (χ2n) is 12.5. The van der Waals surface area contributed by atoms with Crippen molar-refractivity contribution in [2.45, 2.75) is 11.8 Å². The number of hydrogen-bond donors (Lipinski definition) is 1. The summed E-state index contributed by atoms with van der Waals surface area (Å²) < 4.78 is 0. The minimum Gasteiger partial charge on any atom is -0.356 e. The zero-order valence-corrected chi connectivity index (χ0v) is 24.7. The lowest BCUT2D eigenvalue weighted by molar-refractivity contribution is 0.794. The van der Waals surface area contributed by atoms with E-state index < -0.39 is 0 Å². The lowest BCUT2D eigenvalue weighted by atomic mass is 9.70. The van der Waals surface area contributed by atoms with Crippen LogP contribution in [0.4, 0.5) is 11.4 Å². The Balaban J connectivity index is 1.05. The molecule has 1 heteroatoms. The van der Waals surface area contributed by atoms with E-state index >= 15 is 0 Å². The van der Waals surface area contributed by atoms with Crippen LogP contribution < -0.4 is 5.32 Å². The predicted octanol–water partition coefficient (Wildman–Crippen LogP) is 11.0. The SMILES string of the molecule is c1ccc2c(c1)Cc1c(-c3ccc(Nc4ccc5c(c4)C4(c6ccccc6-c6ccccc64)c4ccccc4-5)cc3)cccc1-2. The first kappa shape index (κ1) is 24.7. The zero-order chi connectivity index (χ0) is 29.5. The lowest BCUT2D eigenvalue weighted by Crippen LogP contribution is -2.25. The zero-order valence-electron chi connectivity index (χ0n) is 24.7. The van der Waals surface area contributed by atoms with Gasteiger partial charge < -0.3 is 5.32 Å². The van der Waals surface area contributed by atoms with Crippen LogP contribution in [-0.4, -0.2) is 0 Å². The quantitative estimate of drug-likeness (QED) is 0.222. The van der Waals surface area contributed by atoms with Gasteiger partial charge in [-0.1, -0.05) is 133 Å². The van der Waals surface area contributed by atoms with Gasteiger partial charge in [0.05, 0.1) is 5.41 Å². The fourth-order valence-corrected chi connectivity index (χ4v) is 8.50. The van der Waals surface area contributed by atoms with Crippen LogP contribution in [-0.2, 0) is 11.8 Å². The second kappa shape index (κ2) is 9.17. The summed E-state index contributed by atoms with van der Waals surface area (Å²) in [4.78, 5) is 0. The highest BCUT2D eigenvalue weighted by Gasteiger charge is 2.51. The lowest BCUT2D eigenvalue weighted by Gasteiger charge is -2.30. The smallest absolute Gasteiger partial charge is 0.0726 e. The Morgan fingerprint density at radius 1 is 0.378 bits per heavy atom. The maximum absolute atomic E-state index is 3.76. The van der Waals surface area contributed by atoms with Crippen molar-refractivity contribution in [1.82, 2.24) is 0 Å². The Bertz CT molecular complexity index is 2260. The van der Waals surface area contributed by atoms with Crippen molar-refractivity contribution in [2.75, 3.05) is 5.32 Å². The molecule has 0 bridgehead atoms. The van der Waals surface area contributed by atoms with E-state index in [-0.39, 0.29) is 5.41 Å². The van der Waals surface area contributed by atoms with Crippen LogP contribution in [0.1, 0.15) is 33.4 Å². The van der Waals surface area contributed by atoms with Crippen molar-refractivity contribution in [3.05, 3.63) is 191 Å². The van der Waals surface area contributed by atoms with E-state index in [1.807, 2.05) is 0 Å². The summed E-state index contributed by atoms with van der Waals surface area (Å²) >= 11 is 0. The molecule has 1 nitrogen and oxygen atoms in total. The van der Waals surface area contributed by atoms with Crippen molar-refractivity contribution < 1.29 is 0 Å². The molecule has 0 saturated heterocycles. The molecule has 1 spiro atoms. The van der Waals surface area contributed by atoms with E-state index in [9.17, 15) is 0 Å². The largest absolute Gasteiger partial charge is 0.356 e. The molecule has 45 heavy (non-hydrogen) atoms. The standard InChI is InChI=1S/C44H29N/c1-2-11-33-29(10-1)26-39-32(15-9-16-34(33)39)28-20-22-30(23-21-28)45-31-24-25-38-37-14-5-8-19-42(37)44(43(38)27-31)40-17-6-3-12-35(40)36-13-4-7-18-41(36)44/h1-25,27,45H,26H2. The average molecular weight is 572 g/mol. The van der Waals surface area contributed by atoms with E-state index in [0.29, 0.717) is 0 Å². The molecule has 0 atom stereocenters. The van der Waals surface area contributed by atoms with Gasteiger partial charge in [-0.3, -0.25) is 0 Å². The molecule has 10 rings (SSSR count). The van der Waals surface area contributed by atoms with E-state index in [0.717, 1.165) is 17.8 Å². The molecule has 7 aromatic carbocycles. The summed E-state index contributed by atoms with van der Waals surface area (Å²) in [5.41, 5.74) is 20.8. The van der Waals surface area contributed by atoms with Gasteiger partial charge in [0, 0.05) is 11.4 Å². The third-order valence-electron chi connectivity index (χ3n) is 10.3. The molecule has 0 fully saturated rings. The fraction of sp³-hybridized carbons (Fsp3) is 0.0455. The second-order valence-corrected chi connectivity index (χ2v) is 12.5. The van der Waals surface area contributed by atoms with Crippen LogP contribution in [0.3, 0.4) is 0 Å². The molecule has 210 valence electrons. The van der Waals surface area contributed by atoms with Crippen LogP contribution in [0.2, 0.25) is 0 Å². The first-order chi connectivity index (χ1) is 22.3. The Kier molecular flexibility index (Phi) is 5.04. The normalized spacial score (nSPS) is 13.9. The Hall–Kier alpha value is -5.66. The molecule has 1 N–H and O–H groups in total. The minimum atomic E-state index is -0.327. The molecule has 0 amide bonds. The molecule has 0 saturated carbocycles. The van der Waals surface area contributed by atoms with Gasteiger partial charge in [0.15, 0.2) is 0 Å². The summed E-state index contributed by atoms with van der Waals surface area (Å²) in [6.45, 7) is 0. The maximum Gasteiger partial charge on any atom is 0.0726 e. The molecular weight excluding hydrogens is 542 g/mol. The number of hydrogen-bond acceptors (Lipinski definition) is 1. The van der Waals surface area contributed by atoms with Gasteiger partial charge in [-0.15, -0.1) is 0 Å². The van der Waals surface area contributed by atoms with Crippen LogP contribution in [0, 0.1) is 0 Å². The fourth-order valence-electron chi connectivity index (χ4n) is 8.50. The van der Waals surface area contributed by atoms with Crippen molar-refractivity contribution in [2.24, 2.45) is 0 Å². The van der Waals surface area contributed by atoms with Gasteiger partial charge in [0.2, 0.25) is 0 Å². The van der Waals surface area contributed by atoms with E-state index in [4.69, 9.17) is 0 Å². The first-order valence-corrected chi connectivity index (χ1v) is 15.8. The molecule has 7 aromatic rings. The molecule has 0 aromatic heterocycles. The molecule has 3 aliphatic rings.